The van der Waals surface area contributed by atoms with Crippen molar-refractivity contribution < 1.29 is 9.59 Å². The Hall–Kier alpha value is -3.15. The van der Waals surface area contributed by atoms with Crippen LogP contribution in [-0.4, -0.2) is 32.2 Å². The Morgan fingerprint density at radius 1 is 0.762 bits per heavy atom. The van der Waals surface area contributed by atoms with Crippen molar-refractivity contribution in [2.24, 2.45) is 0 Å². The fourth-order valence-electron chi connectivity index (χ4n) is 2.62. The molecule has 6 heteroatoms. The minimum atomic E-state index is -0.188. The lowest BCUT2D eigenvalue weighted by Gasteiger charge is -2.18. The molecule has 3 aromatic rings. The molecule has 100 valence electrons. The van der Waals surface area contributed by atoms with E-state index in [0.717, 1.165) is 0 Å². The Labute approximate surface area is 118 Å². The zero-order valence-electron chi connectivity index (χ0n) is 10.7. The minimum Gasteiger partial charge on any atom is -0.289 e. The number of nitrogens with zero attached hydrogens (tertiary/aromatic N) is 3. The van der Waals surface area contributed by atoms with Crippen molar-refractivity contribution in [2.45, 2.75) is 0 Å². The van der Waals surface area contributed by atoms with E-state index in [1.165, 1.54) is 0 Å². The first-order valence-corrected chi connectivity index (χ1v) is 6.33. The number of carbonyl (C=O) groups is 2. The van der Waals surface area contributed by atoms with Crippen LogP contribution in [0.1, 0.15) is 31.8 Å². The number of nitrogens with one attached hydrogen (secondary N) is 1. The molecular weight excluding hydrogens is 268 g/mol. The molecule has 0 spiro atoms. The first-order valence-electron chi connectivity index (χ1n) is 6.33. The third-order valence-electron chi connectivity index (χ3n) is 3.55. The number of ketones is 2. The predicted octanol–water partition coefficient (Wildman–Crippen LogP) is 1.64. The maximum atomic E-state index is 12.7. The quantitative estimate of drug-likeness (QED) is 0.571. The lowest BCUT2D eigenvalue weighted by atomic mass is 9.82. The van der Waals surface area contributed by atoms with Crippen LogP contribution < -0.4 is 0 Å². The van der Waals surface area contributed by atoms with Crippen LogP contribution in [0.3, 0.4) is 0 Å². The van der Waals surface area contributed by atoms with Gasteiger partial charge in [0.05, 0.1) is 0 Å². The summed E-state index contributed by atoms with van der Waals surface area (Å²) in [6.45, 7) is 0. The third kappa shape index (κ3) is 1.56. The molecule has 1 aliphatic carbocycles. The molecule has 1 aliphatic rings. The Bertz CT molecular complexity index is 884. The normalized spacial score (nSPS) is 13.0. The number of hydrogen-bond donors (Lipinski definition) is 1. The molecule has 0 saturated heterocycles. The first-order chi connectivity index (χ1) is 10.3. The second-order valence-corrected chi connectivity index (χ2v) is 4.68. The standard InChI is InChI=1S/C15H8N4O2/c20-13-8-4-1-2-5-9(8)14(21)12-10(13)6-3-7-11(12)15-16-18-19-17-15/h1-7H,(H,16,17,18,19). The van der Waals surface area contributed by atoms with Gasteiger partial charge in [-0.05, 0) is 10.4 Å². The molecular formula is C15H8N4O2. The molecule has 0 aliphatic heterocycles. The topological polar surface area (TPSA) is 88.6 Å². The van der Waals surface area contributed by atoms with E-state index in [0.29, 0.717) is 33.6 Å². The maximum Gasteiger partial charge on any atom is 0.195 e. The van der Waals surface area contributed by atoms with Gasteiger partial charge in [-0.1, -0.05) is 42.5 Å². The summed E-state index contributed by atoms with van der Waals surface area (Å²) < 4.78 is 0. The van der Waals surface area contributed by atoms with Crippen molar-refractivity contribution in [3.63, 3.8) is 0 Å². The Balaban J connectivity index is 2.04. The Morgan fingerprint density at radius 2 is 1.43 bits per heavy atom. The average Bonchev–Trinajstić information content (AvgIpc) is 3.06. The summed E-state index contributed by atoms with van der Waals surface area (Å²) in [5.41, 5.74) is 2.11. The number of H-pyrrole nitrogens is 1. The zero-order chi connectivity index (χ0) is 14.4. The van der Waals surface area contributed by atoms with E-state index in [2.05, 4.69) is 20.6 Å². The van der Waals surface area contributed by atoms with E-state index in [-0.39, 0.29) is 11.6 Å². The van der Waals surface area contributed by atoms with Gasteiger partial charge in [-0.15, -0.1) is 5.10 Å². The fraction of sp³-hybridized carbons (Fsp3) is 0. The zero-order valence-corrected chi connectivity index (χ0v) is 10.7. The summed E-state index contributed by atoms with van der Waals surface area (Å²) in [5, 5.41) is 13.5. The molecule has 0 unspecified atom stereocenters. The number of rotatable bonds is 1. The molecule has 1 aromatic heterocycles. The van der Waals surface area contributed by atoms with Crippen LogP contribution in [0.15, 0.2) is 42.5 Å². The summed E-state index contributed by atoms with van der Waals surface area (Å²) >= 11 is 0. The van der Waals surface area contributed by atoms with Gasteiger partial charge in [0, 0.05) is 27.8 Å². The highest BCUT2D eigenvalue weighted by atomic mass is 16.1. The first kappa shape index (κ1) is 11.7. The number of tetrazole rings is 1. The third-order valence-corrected chi connectivity index (χ3v) is 3.55. The van der Waals surface area contributed by atoms with Crippen molar-refractivity contribution in [1.29, 1.82) is 0 Å². The Morgan fingerprint density at radius 3 is 2.14 bits per heavy atom. The summed E-state index contributed by atoms with van der Waals surface area (Å²) in [4.78, 5) is 25.3. The fourth-order valence-corrected chi connectivity index (χ4v) is 2.62. The van der Waals surface area contributed by atoms with Crippen molar-refractivity contribution in [3.8, 4) is 11.4 Å². The molecule has 6 nitrogen and oxygen atoms in total. The number of fused-ring (bicyclic) bond motifs is 2. The van der Waals surface area contributed by atoms with Gasteiger partial charge < -0.3 is 0 Å². The second-order valence-electron chi connectivity index (χ2n) is 4.68. The van der Waals surface area contributed by atoms with Crippen LogP contribution in [0.2, 0.25) is 0 Å². The monoisotopic (exact) mass is 276 g/mol. The summed E-state index contributed by atoms with van der Waals surface area (Å²) in [5.74, 6) is 0.0223. The van der Waals surface area contributed by atoms with Gasteiger partial charge in [0.1, 0.15) is 0 Å². The van der Waals surface area contributed by atoms with Crippen LogP contribution in [0.5, 0.6) is 0 Å². The molecule has 1 N–H and O–H groups in total. The molecule has 0 atom stereocenters. The molecule has 0 bridgehead atoms. The van der Waals surface area contributed by atoms with Crippen LogP contribution in [-0.2, 0) is 0 Å². The molecule has 21 heavy (non-hydrogen) atoms. The second kappa shape index (κ2) is 4.17. The SMILES string of the molecule is O=C1c2ccccc2C(=O)c2c1cccc2-c1nnn[nH]1. The van der Waals surface area contributed by atoms with E-state index in [1.54, 1.807) is 42.5 Å². The summed E-state index contributed by atoms with van der Waals surface area (Å²) in [6.07, 6.45) is 0. The van der Waals surface area contributed by atoms with Crippen LogP contribution in [0.4, 0.5) is 0 Å². The van der Waals surface area contributed by atoms with E-state index in [1.807, 2.05) is 0 Å². The van der Waals surface area contributed by atoms with Crippen molar-refractivity contribution in [2.75, 3.05) is 0 Å². The summed E-state index contributed by atoms with van der Waals surface area (Å²) in [7, 11) is 0. The van der Waals surface area contributed by atoms with Crippen molar-refractivity contribution in [3.05, 3.63) is 64.7 Å². The molecule has 1 heterocycles. The lowest BCUT2D eigenvalue weighted by Crippen LogP contribution is -2.21. The number of hydrogen-bond acceptors (Lipinski definition) is 5. The lowest BCUT2D eigenvalue weighted by molar-refractivity contribution is 0.0979. The highest BCUT2D eigenvalue weighted by Crippen LogP contribution is 2.32. The molecule has 2 aromatic carbocycles. The van der Waals surface area contributed by atoms with Gasteiger partial charge >= 0.3 is 0 Å². The van der Waals surface area contributed by atoms with Gasteiger partial charge in [0.2, 0.25) is 0 Å². The van der Waals surface area contributed by atoms with Gasteiger partial charge in [0.15, 0.2) is 17.4 Å². The highest BCUT2D eigenvalue weighted by Gasteiger charge is 2.32. The maximum absolute atomic E-state index is 12.7. The van der Waals surface area contributed by atoms with Crippen LogP contribution in [0, 0.1) is 0 Å². The molecule has 0 radical (unpaired) electrons. The van der Waals surface area contributed by atoms with Crippen molar-refractivity contribution in [1.82, 2.24) is 20.6 Å². The summed E-state index contributed by atoms with van der Waals surface area (Å²) in [6, 6.07) is 11.9. The minimum absolute atomic E-state index is 0.158. The van der Waals surface area contributed by atoms with E-state index in [9.17, 15) is 9.59 Å². The van der Waals surface area contributed by atoms with E-state index in [4.69, 9.17) is 0 Å². The highest BCUT2D eigenvalue weighted by molar-refractivity contribution is 6.30. The molecule has 0 fully saturated rings. The van der Waals surface area contributed by atoms with Crippen molar-refractivity contribution >= 4 is 11.6 Å². The van der Waals surface area contributed by atoms with E-state index >= 15 is 0 Å². The smallest absolute Gasteiger partial charge is 0.195 e. The number of aromatic amines is 1. The average molecular weight is 276 g/mol. The molecule has 0 saturated carbocycles. The molecule has 0 amide bonds. The van der Waals surface area contributed by atoms with Gasteiger partial charge in [-0.25, -0.2) is 5.10 Å². The molecule has 4 rings (SSSR count). The number of carbonyl (C=O) groups excluding carboxylic acids is 2. The predicted molar refractivity (Wildman–Crippen MR) is 72.9 cm³/mol. The Kier molecular flexibility index (Phi) is 2.32. The van der Waals surface area contributed by atoms with Gasteiger partial charge in [-0.2, -0.15) is 0 Å². The van der Waals surface area contributed by atoms with E-state index < -0.39 is 0 Å². The largest absolute Gasteiger partial charge is 0.289 e. The van der Waals surface area contributed by atoms with Crippen LogP contribution in [0.25, 0.3) is 11.4 Å². The van der Waals surface area contributed by atoms with Gasteiger partial charge in [0.25, 0.3) is 0 Å². The number of benzene rings is 2. The number of aromatic nitrogens is 4. The van der Waals surface area contributed by atoms with Crippen LogP contribution >= 0.6 is 0 Å². The van der Waals surface area contributed by atoms with Gasteiger partial charge in [-0.3, -0.25) is 9.59 Å².